The first-order valence-corrected chi connectivity index (χ1v) is 7.81. The van der Waals surface area contributed by atoms with Crippen molar-refractivity contribution in [1.82, 2.24) is 15.5 Å². The molecule has 0 spiro atoms. The maximum Gasteiger partial charge on any atom is 0.265 e. The van der Waals surface area contributed by atoms with Crippen LogP contribution >= 0.6 is 0 Å². The molecule has 0 aliphatic carbocycles. The van der Waals surface area contributed by atoms with Gasteiger partial charge in [-0.3, -0.25) is 9.82 Å². The molecule has 0 saturated heterocycles. The predicted octanol–water partition coefficient (Wildman–Crippen LogP) is 1.69. The molecule has 21 heavy (non-hydrogen) atoms. The van der Waals surface area contributed by atoms with E-state index in [-0.39, 0.29) is 17.1 Å². The molecule has 0 fully saturated rings. The third-order valence-corrected chi connectivity index (χ3v) is 4.51. The summed E-state index contributed by atoms with van der Waals surface area (Å²) < 4.78 is 41.0. The first kappa shape index (κ1) is 15.5. The Morgan fingerprint density at radius 3 is 2.71 bits per heavy atom. The second-order valence-electron chi connectivity index (χ2n) is 4.74. The van der Waals surface area contributed by atoms with Crippen molar-refractivity contribution in [2.45, 2.75) is 25.3 Å². The fourth-order valence-electron chi connectivity index (χ4n) is 2.03. The van der Waals surface area contributed by atoms with Crippen LogP contribution in [0.25, 0.3) is 0 Å². The molecule has 0 aliphatic rings. The smallest absolute Gasteiger partial charge is 0.265 e. The van der Waals surface area contributed by atoms with Crippen LogP contribution in [0.5, 0.6) is 0 Å². The normalized spacial score (nSPS) is 11.6. The summed E-state index contributed by atoms with van der Waals surface area (Å²) in [5.41, 5.74) is 1.44. The largest absolute Gasteiger partial charge is 0.314 e. The number of hydrogen-bond acceptors (Lipinski definition) is 4. The number of benzene rings is 1. The molecule has 0 saturated carbocycles. The molecule has 2 aromatic rings. The molecule has 0 radical (unpaired) electrons. The number of anilines is 1. The Morgan fingerprint density at radius 2 is 2.05 bits per heavy atom. The fraction of sp³-hybridized carbons (Fsp3) is 0.308. The van der Waals surface area contributed by atoms with E-state index >= 15 is 0 Å². The predicted molar refractivity (Wildman–Crippen MR) is 78.0 cm³/mol. The highest BCUT2D eigenvalue weighted by atomic mass is 32.2. The quantitative estimate of drug-likeness (QED) is 0.784. The van der Waals surface area contributed by atoms with Crippen molar-refractivity contribution in [2.75, 3.05) is 11.8 Å². The summed E-state index contributed by atoms with van der Waals surface area (Å²) in [4.78, 5) is 0.0396. The van der Waals surface area contributed by atoms with Crippen LogP contribution in [0.1, 0.15) is 17.0 Å². The Labute approximate surface area is 122 Å². The van der Waals surface area contributed by atoms with E-state index in [1.54, 1.807) is 27.0 Å². The molecule has 1 aromatic carbocycles. The van der Waals surface area contributed by atoms with Crippen LogP contribution in [0.4, 0.5) is 10.1 Å². The first-order valence-electron chi connectivity index (χ1n) is 6.32. The second-order valence-corrected chi connectivity index (χ2v) is 6.36. The van der Waals surface area contributed by atoms with Gasteiger partial charge in [0.15, 0.2) is 0 Å². The number of H-pyrrole nitrogens is 1. The van der Waals surface area contributed by atoms with Gasteiger partial charge in [-0.2, -0.15) is 5.10 Å². The Morgan fingerprint density at radius 1 is 1.33 bits per heavy atom. The molecule has 0 aliphatic heterocycles. The third kappa shape index (κ3) is 3.22. The Hall–Kier alpha value is -1.93. The van der Waals surface area contributed by atoms with E-state index in [1.807, 2.05) is 0 Å². The van der Waals surface area contributed by atoms with Crippen LogP contribution < -0.4 is 10.0 Å². The molecule has 114 valence electrons. The molecular weight excluding hydrogens is 295 g/mol. The topological polar surface area (TPSA) is 86.9 Å². The van der Waals surface area contributed by atoms with Gasteiger partial charge in [0.25, 0.3) is 10.0 Å². The van der Waals surface area contributed by atoms with Gasteiger partial charge in [-0.15, -0.1) is 0 Å². The van der Waals surface area contributed by atoms with E-state index in [0.717, 1.165) is 5.56 Å². The number of nitrogens with one attached hydrogen (secondary N) is 3. The maximum absolute atomic E-state index is 13.7. The average Bonchev–Trinajstić information content (AvgIpc) is 2.76. The van der Waals surface area contributed by atoms with Gasteiger partial charge in [0.05, 0.1) is 17.1 Å². The van der Waals surface area contributed by atoms with Gasteiger partial charge >= 0.3 is 0 Å². The molecule has 0 atom stereocenters. The zero-order valence-electron chi connectivity index (χ0n) is 12.0. The minimum absolute atomic E-state index is 0.0396. The minimum atomic E-state index is -3.92. The van der Waals surface area contributed by atoms with E-state index < -0.39 is 15.8 Å². The molecule has 6 nitrogen and oxygen atoms in total. The molecule has 0 amide bonds. The number of hydrogen-bond donors (Lipinski definition) is 3. The number of sulfonamides is 1. The number of rotatable bonds is 5. The molecule has 1 aromatic heterocycles. The summed E-state index contributed by atoms with van der Waals surface area (Å²) in [5, 5.41) is 9.44. The van der Waals surface area contributed by atoms with Crippen LogP contribution in [0.3, 0.4) is 0 Å². The number of nitrogens with zero attached hydrogens (tertiary/aromatic N) is 1. The van der Waals surface area contributed by atoms with Gasteiger partial charge in [0, 0.05) is 6.54 Å². The third-order valence-electron chi connectivity index (χ3n) is 2.94. The van der Waals surface area contributed by atoms with Crippen LogP contribution in [0, 0.1) is 19.7 Å². The van der Waals surface area contributed by atoms with E-state index in [0.29, 0.717) is 11.4 Å². The molecule has 8 heteroatoms. The molecule has 0 unspecified atom stereocenters. The zero-order valence-corrected chi connectivity index (χ0v) is 12.8. The highest BCUT2D eigenvalue weighted by Gasteiger charge is 2.25. The van der Waals surface area contributed by atoms with Crippen molar-refractivity contribution in [2.24, 2.45) is 0 Å². The van der Waals surface area contributed by atoms with Gasteiger partial charge in [-0.25, -0.2) is 12.8 Å². The van der Waals surface area contributed by atoms with Crippen LogP contribution in [-0.4, -0.2) is 25.7 Å². The summed E-state index contributed by atoms with van der Waals surface area (Å²) in [6.07, 6.45) is 0. The van der Waals surface area contributed by atoms with Crippen molar-refractivity contribution in [1.29, 1.82) is 0 Å². The van der Waals surface area contributed by atoms with Crippen molar-refractivity contribution in [3.05, 3.63) is 41.0 Å². The lowest BCUT2D eigenvalue weighted by Crippen LogP contribution is -2.18. The molecule has 3 N–H and O–H groups in total. The summed E-state index contributed by atoms with van der Waals surface area (Å²) in [6, 6.07) is 4.24. The van der Waals surface area contributed by atoms with Crippen molar-refractivity contribution in [3.63, 3.8) is 0 Å². The Kier molecular flexibility index (Phi) is 4.29. The summed E-state index contributed by atoms with van der Waals surface area (Å²) in [6.45, 7) is 3.65. The second kappa shape index (κ2) is 5.82. The molecule has 2 rings (SSSR count). The molecular formula is C13H17FN4O2S. The highest BCUT2D eigenvalue weighted by Crippen LogP contribution is 2.23. The van der Waals surface area contributed by atoms with Gasteiger partial charge < -0.3 is 5.32 Å². The number of aryl methyl sites for hydroxylation is 2. The lowest BCUT2D eigenvalue weighted by Gasteiger charge is -2.10. The van der Waals surface area contributed by atoms with E-state index in [1.165, 1.54) is 12.1 Å². The van der Waals surface area contributed by atoms with Crippen LogP contribution in [-0.2, 0) is 16.6 Å². The highest BCUT2D eigenvalue weighted by molar-refractivity contribution is 7.92. The molecule has 1 heterocycles. The van der Waals surface area contributed by atoms with Crippen LogP contribution in [0.2, 0.25) is 0 Å². The van der Waals surface area contributed by atoms with Gasteiger partial charge in [-0.05, 0) is 38.6 Å². The average molecular weight is 312 g/mol. The Bertz CT molecular complexity index is 756. The summed E-state index contributed by atoms with van der Waals surface area (Å²) in [5.74, 6) is -0.625. The number of halogens is 1. The first-order chi connectivity index (χ1) is 9.85. The number of aromatic nitrogens is 2. The standard InChI is InChI=1S/C13H17FN4O2S/c1-8-4-5-10(14)11(6-8)18-21(19,20)13-9(2)16-17-12(13)7-15-3/h4-6,15,18H,7H2,1-3H3,(H,16,17). The SMILES string of the molecule is CNCc1n[nH]c(C)c1S(=O)(=O)Nc1cc(C)ccc1F. The lowest BCUT2D eigenvalue weighted by molar-refractivity contribution is 0.596. The van der Waals surface area contributed by atoms with Crippen LogP contribution in [0.15, 0.2) is 23.1 Å². The van der Waals surface area contributed by atoms with Crippen molar-refractivity contribution in [3.8, 4) is 0 Å². The van der Waals surface area contributed by atoms with E-state index in [9.17, 15) is 12.8 Å². The zero-order chi connectivity index (χ0) is 15.6. The maximum atomic E-state index is 13.7. The lowest BCUT2D eigenvalue weighted by atomic mass is 10.2. The van der Waals surface area contributed by atoms with Crippen molar-refractivity contribution < 1.29 is 12.8 Å². The van der Waals surface area contributed by atoms with Gasteiger partial charge in [0.2, 0.25) is 0 Å². The monoisotopic (exact) mass is 312 g/mol. The van der Waals surface area contributed by atoms with Crippen molar-refractivity contribution >= 4 is 15.7 Å². The summed E-state index contributed by atoms with van der Waals surface area (Å²) in [7, 11) is -2.23. The fourth-order valence-corrected chi connectivity index (χ4v) is 3.45. The summed E-state index contributed by atoms with van der Waals surface area (Å²) >= 11 is 0. The van der Waals surface area contributed by atoms with Gasteiger partial charge in [-0.1, -0.05) is 6.07 Å². The van der Waals surface area contributed by atoms with Gasteiger partial charge in [0.1, 0.15) is 10.7 Å². The Balaban J connectivity index is 2.43. The number of aromatic amines is 1. The minimum Gasteiger partial charge on any atom is -0.314 e. The molecule has 0 bridgehead atoms. The van der Waals surface area contributed by atoms with E-state index in [4.69, 9.17) is 0 Å². The van der Waals surface area contributed by atoms with E-state index in [2.05, 4.69) is 20.2 Å².